The van der Waals surface area contributed by atoms with Crippen molar-refractivity contribution in [1.29, 1.82) is 0 Å². The fourth-order valence-electron chi connectivity index (χ4n) is 2.12. The quantitative estimate of drug-likeness (QED) is 0.724. The van der Waals surface area contributed by atoms with Crippen molar-refractivity contribution in [3.8, 4) is 0 Å². The number of likely N-dealkylation sites (N-methyl/N-ethyl adjacent to an activating group) is 1. The normalized spacial score (nSPS) is 23.8. The molecule has 0 aromatic carbocycles. The van der Waals surface area contributed by atoms with Crippen LogP contribution >= 0.6 is 0 Å². The third-order valence-corrected chi connectivity index (χ3v) is 3.42. The molecule has 1 atom stereocenters. The Bertz CT molecular complexity index is 152. The molecule has 0 bridgehead atoms. The third-order valence-electron chi connectivity index (χ3n) is 3.42. The molecule has 78 valence electrons. The van der Waals surface area contributed by atoms with Gasteiger partial charge in [0.1, 0.15) is 0 Å². The second kappa shape index (κ2) is 4.43. The summed E-state index contributed by atoms with van der Waals surface area (Å²) in [6.45, 7) is 5.26. The van der Waals surface area contributed by atoms with Gasteiger partial charge in [-0.05, 0) is 33.2 Å². The Morgan fingerprint density at radius 1 is 1.38 bits per heavy atom. The Morgan fingerprint density at radius 2 is 1.92 bits per heavy atom. The van der Waals surface area contributed by atoms with Gasteiger partial charge in [-0.25, -0.2) is 0 Å². The van der Waals surface area contributed by atoms with Gasteiger partial charge < -0.3 is 10.0 Å². The first-order valence-electron chi connectivity index (χ1n) is 5.50. The SMILES string of the molecule is CCC(C)N(C)CC1(O)CCCC1. The zero-order chi connectivity index (χ0) is 9.90. The van der Waals surface area contributed by atoms with Gasteiger partial charge in [-0.15, -0.1) is 0 Å². The van der Waals surface area contributed by atoms with E-state index in [0.29, 0.717) is 6.04 Å². The number of nitrogens with zero attached hydrogens (tertiary/aromatic N) is 1. The predicted molar refractivity (Wildman–Crippen MR) is 55.8 cm³/mol. The summed E-state index contributed by atoms with van der Waals surface area (Å²) in [6, 6.07) is 0.588. The molecule has 0 aliphatic heterocycles. The van der Waals surface area contributed by atoms with Crippen LogP contribution in [0.5, 0.6) is 0 Å². The van der Waals surface area contributed by atoms with Gasteiger partial charge in [0, 0.05) is 12.6 Å². The topological polar surface area (TPSA) is 23.5 Å². The second-order valence-electron chi connectivity index (χ2n) is 4.60. The van der Waals surface area contributed by atoms with Crippen LogP contribution in [-0.4, -0.2) is 35.2 Å². The van der Waals surface area contributed by atoms with Crippen LogP contribution in [0.15, 0.2) is 0 Å². The molecule has 13 heavy (non-hydrogen) atoms. The third kappa shape index (κ3) is 2.96. The lowest BCUT2D eigenvalue weighted by Gasteiger charge is -2.32. The van der Waals surface area contributed by atoms with Gasteiger partial charge in [-0.1, -0.05) is 19.8 Å². The molecule has 0 spiro atoms. The van der Waals surface area contributed by atoms with Crippen molar-refractivity contribution in [1.82, 2.24) is 4.90 Å². The fourth-order valence-corrected chi connectivity index (χ4v) is 2.12. The molecule has 1 N–H and O–H groups in total. The number of rotatable bonds is 4. The molecular weight excluding hydrogens is 162 g/mol. The molecule has 0 heterocycles. The standard InChI is InChI=1S/C11H23NO/c1-4-10(2)12(3)9-11(13)7-5-6-8-11/h10,13H,4-9H2,1-3H3. The number of hydrogen-bond acceptors (Lipinski definition) is 2. The van der Waals surface area contributed by atoms with E-state index in [2.05, 4.69) is 25.8 Å². The molecule has 1 saturated carbocycles. The second-order valence-corrected chi connectivity index (χ2v) is 4.60. The van der Waals surface area contributed by atoms with Gasteiger partial charge in [0.2, 0.25) is 0 Å². The summed E-state index contributed by atoms with van der Waals surface area (Å²) in [7, 11) is 2.12. The molecule has 0 aromatic heterocycles. The van der Waals surface area contributed by atoms with Crippen LogP contribution in [-0.2, 0) is 0 Å². The molecule has 1 rings (SSSR count). The zero-order valence-electron chi connectivity index (χ0n) is 9.21. The maximum atomic E-state index is 10.2. The minimum absolute atomic E-state index is 0.377. The molecule has 2 heteroatoms. The van der Waals surface area contributed by atoms with Crippen molar-refractivity contribution in [3.05, 3.63) is 0 Å². The molecule has 1 unspecified atom stereocenters. The average Bonchev–Trinajstić information content (AvgIpc) is 2.50. The summed E-state index contributed by atoms with van der Waals surface area (Å²) in [5, 5.41) is 10.2. The van der Waals surface area contributed by atoms with Gasteiger partial charge in [0.15, 0.2) is 0 Å². The van der Waals surface area contributed by atoms with E-state index in [0.717, 1.165) is 25.8 Å². The van der Waals surface area contributed by atoms with Crippen molar-refractivity contribution < 1.29 is 5.11 Å². The Labute approximate surface area is 81.9 Å². The van der Waals surface area contributed by atoms with Gasteiger partial charge in [-0.3, -0.25) is 0 Å². The van der Waals surface area contributed by atoms with Gasteiger partial charge in [0.05, 0.1) is 5.60 Å². The van der Waals surface area contributed by atoms with Crippen molar-refractivity contribution in [2.75, 3.05) is 13.6 Å². The van der Waals surface area contributed by atoms with Crippen LogP contribution in [0.2, 0.25) is 0 Å². The fraction of sp³-hybridized carbons (Fsp3) is 1.00. The monoisotopic (exact) mass is 185 g/mol. The van der Waals surface area contributed by atoms with Crippen molar-refractivity contribution >= 4 is 0 Å². The summed E-state index contributed by atoms with van der Waals surface area (Å²) in [5.74, 6) is 0. The Kier molecular flexibility index (Phi) is 3.74. The number of hydrogen-bond donors (Lipinski definition) is 1. The van der Waals surface area contributed by atoms with Crippen LogP contribution < -0.4 is 0 Å². The summed E-state index contributed by atoms with van der Waals surface area (Å²) in [5.41, 5.74) is -0.377. The van der Waals surface area contributed by atoms with E-state index < -0.39 is 0 Å². The van der Waals surface area contributed by atoms with E-state index in [9.17, 15) is 5.11 Å². The summed E-state index contributed by atoms with van der Waals surface area (Å²) in [4.78, 5) is 2.28. The minimum Gasteiger partial charge on any atom is -0.389 e. The lowest BCUT2D eigenvalue weighted by atomic mass is 10.0. The first-order chi connectivity index (χ1) is 6.07. The van der Waals surface area contributed by atoms with Crippen molar-refractivity contribution in [2.45, 2.75) is 57.6 Å². The van der Waals surface area contributed by atoms with Gasteiger partial charge >= 0.3 is 0 Å². The highest BCUT2D eigenvalue weighted by atomic mass is 16.3. The molecule has 0 saturated heterocycles. The highest BCUT2D eigenvalue weighted by Gasteiger charge is 2.32. The van der Waals surface area contributed by atoms with Crippen LogP contribution in [0.25, 0.3) is 0 Å². The minimum atomic E-state index is -0.377. The van der Waals surface area contributed by atoms with Crippen LogP contribution in [0.3, 0.4) is 0 Å². The molecule has 1 fully saturated rings. The van der Waals surface area contributed by atoms with E-state index in [1.54, 1.807) is 0 Å². The molecule has 0 aromatic rings. The van der Waals surface area contributed by atoms with E-state index in [1.807, 2.05) is 0 Å². The Balaban J connectivity index is 2.38. The first kappa shape index (κ1) is 11.0. The Hall–Kier alpha value is -0.0800. The zero-order valence-corrected chi connectivity index (χ0v) is 9.21. The summed E-state index contributed by atoms with van der Waals surface area (Å²) in [6.07, 6.45) is 5.55. The van der Waals surface area contributed by atoms with Crippen molar-refractivity contribution in [3.63, 3.8) is 0 Å². The maximum absolute atomic E-state index is 10.2. The predicted octanol–water partition coefficient (Wildman–Crippen LogP) is 2.02. The molecule has 1 aliphatic rings. The van der Waals surface area contributed by atoms with E-state index >= 15 is 0 Å². The van der Waals surface area contributed by atoms with Crippen LogP contribution in [0, 0.1) is 0 Å². The molecule has 1 aliphatic carbocycles. The first-order valence-corrected chi connectivity index (χ1v) is 5.50. The lowest BCUT2D eigenvalue weighted by Crippen LogP contribution is -2.42. The average molecular weight is 185 g/mol. The van der Waals surface area contributed by atoms with Crippen molar-refractivity contribution in [2.24, 2.45) is 0 Å². The van der Waals surface area contributed by atoms with Gasteiger partial charge in [-0.2, -0.15) is 0 Å². The Morgan fingerprint density at radius 3 is 2.38 bits per heavy atom. The highest BCUT2D eigenvalue weighted by molar-refractivity contribution is 4.87. The van der Waals surface area contributed by atoms with Crippen LogP contribution in [0.1, 0.15) is 46.0 Å². The van der Waals surface area contributed by atoms with E-state index in [-0.39, 0.29) is 5.60 Å². The summed E-state index contributed by atoms with van der Waals surface area (Å²) >= 11 is 0. The lowest BCUT2D eigenvalue weighted by molar-refractivity contribution is 0.00685. The van der Waals surface area contributed by atoms with E-state index in [1.165, 1.54) is 12.8 Å². The molecule has 2 nitrogen and oxygen atoms in total. The number of aliphatic hydroxyl groups is 1. The molecule has 0 radical (unpaired) electrons. The highest BCUT2D eigenvalue weighted by Crippen LogP contribution is 2.30. The molecular formula is C11H23NO. The smallest absolute Gasteiger partial charge is 0.0774 e. The largest absolute Gasteiger partial charge is 0.389 e. The van der Waals surface area contributed by atoms with E-state index in [4.69, 9.17) is 0 Å². The maximum Gasteiger partial charge on any atom is 0.0774 e. The van der Waals surface area contributed by atoms with Gasteiger partial charge in [0.25, 0.3) is 0 Å². The summed E-state index contributed by atoms with van der Waals surface area (Å²) < 4.78 is 0. The van der Waals surface area contributed by atoms with Crippen LogP contribution in [0.4, 0.5) is 0 Å². The molecule has 0 amide bonds.